The monoisotopic (exact) mass is 216 g/mol. The molecule has 0 atom stereocenters. The Balaban J connectivity index is 3.01. The molecule has 0 radical (unpaired) electrons. The Bertz CT molecular complexity index is 273. The molecular weight excluding hydrogens is 211 g/mol. The van der Waals surface area contributed by atoms with Gasteiger partial charge in [-0.1, -0.05) is 15.9 Å². The summed E-state index contributed by atoms with van der Waals surface area (Å²) in [7, 11) is 0. The zero-order chi connectivity index (χ0) is 8.27. The molecule has 0 aliphatic carbocycles. The Labute approximate surface area is 72.4 Å². The third-order valence-electron chi connectivity index (χ3n) is 1.31. The van der Waals surface area contributed by atoms with E-state index in [2.05, 4.69) is 15.9 Å². The molecule has 0 unspecified atom stereocenters. The topological polar surface area (TPSA) is 17.1 Å². The third kappa shape index (κ3) is 2.12. The lowest BCUT2D eigenvalue weighted by atomic mass is 10.2. The van der Waals surface area contributed by atoms with Gasteiger partial charge in [0.25, 0.3) is 0 Å². The van der Waals surface area contributed by atoms with Crippen molar-refractivity contribution >= 4 is 22.2 Å². The van der Waals surface area contributed by atoms with Crippen LogP contribution in [0.4, 0.5) is 4.39 Å². The van der Waals surface area contributed by atoms with Crippen LogP contribution in [-0.4, -0.2) is 6.29 Å². The van der Waals surface area contributed by atoms with Crippen molar-refractivity contribution in [3.05, 3.63) is 34.1 Å². The Morgan fingerprint density at radius 1 is 1.55 bits per heavy atom. The number of hydrogen-bond acceptors (Lipinski definition) is 1. The molecule has 1 rings (SSSR count). The van der Waals surface area contributed by atoms with Crippen LogP contribution in [0.25, 0.3) is 0 Å². The van der Waals surface area contributed by atoms with Crippen LogP contribution in [0.2, 0.25) is 0 Å². The van der Waals surface area contributed by atoms with Gasteiger partial charge >= 0.3 is 0 Å². The van der Waals surface area contributed by atoms with E-state index >= 15 is 0 Å². The summed E-state index contributed by atoms with van der Waals surface area (Å²) >= 11 is 3.21. The smallest absolute Gasteiger partial charge is 0.124 e. The van der Waals surface area contributed by atoms with E-state index in [9.17, 15) is 9.18 Å². The molecule has 1 aromatic rings. The molecule has 0 aliphatic heterocycles. The SMILES string of the molecule is O=CCc1cc(F)ccc1Br. The summed E-state index contributed by atoms with van der Waals surface area (Å²) in [6.45, 7) is 0. The average Bonchev–Trinajstić information content (AvgIpc) is 1.98. The molecule has 0 spiro atoms. The van der Waals surface area contributed by atoms with Crippen molar-refractivity contribution in [3.8, 4) is 0 Å². The van der Waals surface area contributed by atoms with Crippen LogP contribution in [0.5, 0.6) is 0 Å². The van der Waals surface area contributed by atoms with Gasteiger partial charge in [0.1, 0.15) is 12.1 Å². The fourth-order valence-electron chi connectivity index (χ4n) is 0.790. The standard InChI is InChI=1S/C8H6BrFO/c9-8-2-1-7(10)5-6(8)3-4-11/h1-2,4-5H,3H2. The summed E-state index contributed by atoms with van der Waals surface area (Å²) < 4.78 is 13.3. The van der Waals surface area contributed by atoms with Crippen molar-refractivity contribution in [2.75, 3.05) is 0 Å². The number of benzene rings is 1. The van der Waals surface area contributed by atoms with Crippen LogP contribution in [0.3, 0.4) is 0 Å². The van der Waals surface area contributed by atoms with Gasteiger partial charge < -0.3 is 4.79 Å². The first-order valence-corrected chi connectivity index (χ1v) is 3.91. The second-order valence-electron chi connectivity index (χ2n) is 2.11. The molecule has 0 fully saturated rings. The van der Waals surface area contributed by atoms with Crippen molar-refractivity contribution in [3.63, 3.8) is 0 Å². The number of halogens is 2. The van der Waals surface area contributed by atoms with Gasteiger partial charge in [-0.15, -0.1) is 0 Å². The van der Waals surface area contributed by atoms with Crippen molar-refractivity contribution in [1.29, 1.82) is 0 Å². The molecule has 11 heavy (non-hydrogen) atoms. The minimum atomic E-state index is -0.315. The van der Waals surface area contributed by atoms with Crippen LogP contribution < -0.4 is 0 Å². The van der Waals surface area contributed by atoms with E-state index < -0.39 is 0 Å². The Kier molecular flexibility index (Phi) is 2.76. The lowest BCUT2D eigenvalue weighted by molar-refractivity contribution is -0.107. The number of hydrogen-bond donors (Lipinski definition) is 0. The second kappa shape index (κ2) is 3.62. The molecule has 1 nitrogen and oxygen atoms in total. The fourth-order valence-corrected chi connectivity index (χ4v) is 1.20. The zero-order valence-corrected chi connectivity index (χ0v) is 7.27. The van der Waals surface area contributed by atoms with Crippen LogP contribution in [0.15, 0.2) is 22.7 Å². The molecule has 0 bridgehead atoms. The summed E-state index contributed by atoms with van der Waals surface area (Å²) in [5, 5.41) is 0. The first-order valence-electron chi connectivity index (χ1n) is 3.11. The summed E-state index contributed by atoms with van der Waals surface area (Å²) in [5.74, 6) is -0.315. The first kappa shape index (κ1) is 8.40. The van der Waals surface area contributed by atoms with Gasteiger partial charge in [0, 0.05) is 10.9 Å². The minimum absolute atomic E-state index is 0.248. The Hall–Kier alpha value is -0.700. The molecule has 0 aliphatic rings. The zero-order valence-electron chi connectivity index (χ0n) is 5.68. The van der Waals surface area contributed by atoms with Crippen LogP contribution in [-0.2, 0) is 11.2 Å². The van der Waals surface area contributed by atoms with Gasteiger partial charge in [0.2, 0.25) is 0 Å². The maximum atomic E-state index is 12.5. The third-order valence-corrected chi connectivity index (χ3v) is 2.08. The highest BCUT2D eigenvalue weighted by molar-refractivity contribution is 9.10. The highest BCUT2D eigenvalue weighted by Gasteiger charge is 1.99. The average molecular weight is 217 g/mol. The van der Waals surface area contributed by atoms with Crippen molar-refractivity contribution in [2.24, 2.45) is 0 Å². The lowest BCUT2D eigenvalue weighted by Crippen LogP contribution is -1.88. The normalized spacial score (nSPS) is 9.64. The van der Waals surface area contributed by atoms with Crippen LogP contribution in [0.1, 0.15) is 5.56 Å². The molecule has 0 heterocycles. The van der Waals surface area contributed by atoms with E-state index in [0.29, 0.717) is 5.56 Å². The number of carbonyl (C=O) groups is 1. The fraction of sp³-hybridized carbons (Fsp3) is 0.125. The molecule has 0 saturated heterocycles. The minimum Gasteiger partial charge on any atom is -0.303 e. The molecule has 0 aromatic heterocycles. The second-order valence-corrected chi connectivity index (χ2v) is 2.96. The molecule has 58 valence electrons. The van der Waals surface area contributed by atoms with E-state index in [0.717, 1.165) is 10.8 Å². The van der Waals surface area contributed by atoms with E-state index in [1.807, 2.05) is 0 Å². The molecule has 1 aromatic carbocycles. The van der Waals surface area contributed by atoms with Crippen LogP contribution >= 0.6 is 15.9 Å². The highest BCUT2D eigenvalue weighted by Crippen LogP contribution is 2.17. The van der Waals surface area contributed by atoms with E-state index in [-0.39, 0.29) is 12.2 Å². The molecule has 0 saturated carbocycles. The van der Waals surface area contributed by atoms with E-state index in [4.69, 9.17) is 0 Å². The largest absolute Gasteiger partial charge is 0.303 e. The van der Waals surface area contributed by atoms with Crippen LogP contribution in [0, 0.1) is 5.82 Å². The van der Waals surface area contributed by atoms with Crippen molar-refractivity contribution in [2.45, 2.75) is 6.42 Å². The Morgan fingerprint density at radius 3 is 2.91 bits per heavy atom. The highest BCUT2D eigenvalue weighted by atomic mass is 79.9. The summed E-state index contributed by atoms with van der Waals surface area (Å²) in [6.07, 6.45) is 0.998. The van der Waals surface area contributed by atoms with Gasteiger partial charge in [0.05, 0.1) is 0 Å². The maximum Gasteiger partial charge on any atom is 0.124 e. The molecule has 0 amide bonds. The van der Waals surface area contributed by atoms with Gasteiger partial charge in [-0.25, -0.2) is 4.39 Å². The molecular formula is C8H6BrFO. The van der Waals surface area contributed by atoms with Gasteiger partial charge in [0.15, 0.2) is 0 Å². The first-order chi connectivity index (χ1) is 5.24. The Morgan fingerprint density at radius 2 is 2.27 bits per heavy atom. The van der Waals surface area contributed by atoms with E-state index in [1.165, 1.54) is 12.1 Å². The maximum absolute atomic E-state index is 12.5. The van der Waals surface area contributed by atoms with Crippen molar-refractivity contribution < 1.29 is 9.18 Å². The predicted octanol–water partition coefficient (Wildman–Crippen LogP) is 2.33. The lowest BCUT2D eigenvalue weighted by Gasteiger charge is -1.98. The summed E-state index contributed by atoms with van der Waals surface area (Å²) in [6, 6.07) is 4.28. The van der Waals surface area contributed by atoms with Crippen molar-refractivity contribution in [1.82, 2.24) is 0 Å². The van der Waals surface area contributed by atoms with Gasteiger partial charge in [-0.3, -0.25) is 0 Å². The number of rotatable bonds is 2. The molecule has 3 heteroatoms. The predicted molar refractivity (Wildman–Crippen MR) is 43.9 cm³/mol. The summed E-state index contributed by atoms with van der Waals surface area (Å²) in [4.78, 5) is 10.1. The quantitative estimate of drug-likeness (QED) is 0.694. The van der Waals surface area contributed by atoms with Gasteiger partial charge in [-0.05, 0) is 23.8 Å². The van der Waals surface area contributed by atoms with Gasteiger partial charge in [-0.2, -0.15) is 0 Å². The number of aldehydes is 1. The number of carbonyl (C=O) groups excluding carboxylic acids is 1. The summed E-state index contributed by atoms with van der Waals surface area (Å²) in [5.41, 5.74) is 0.681. The molecule has 0 N–H and O–H groups in total. The van der Waals surface area contributed by atoms with E-state index in [1.54, 1.807) is 6.07 Å².